The monoisotopic (exact) mass is 439 g/mol. The molecule has 5 N–H and O–H groups in total. The number of nitrogen functional groups attached to an aromatic ring is 1. The minimum absolute atomic E-state index is 0.0940. The van der Waals surface area contributed by atoms with Crippen LogP contribution >= 0.6 is 11.3 Å². The minimum atomic E-state index is -4.66. The van der Waals surface area contributed by atoms with Crippen molar-refractivity contribution in [1.82, 2.24) is 19.9 Å². The highest BCUT2D eigenvalue weighted by molar-refractivity contribution is 7.84. The summed E-state index contributed by atoms with van der Waals surface area (Å²) in [6, 6.07) is 6.10. The number of carbonyl (C=O) groups is 3. The van der Waals surface area contributed by atoms with Crippen LogP contribution in [0.15, 0.2) is 35.7 Å². The highest BCUT2D eigenvalue weighted by Gasteiger charge is 2.45. The van der Waals surface area contributed by atoms with E-state index in [9.17, 15) is 22.8 Å². The lowest BCUT2D eigenvalue weighted by molar-refractivity contribution is -0.141. The third-order valence-corrected chi connectivity index (χ3v) is 5.71. The van der Waals surface area contributed by atoms with Crippen LogP contribution in [0.25, 0.3) is 0 Å². The van der Waals surface area contributed by atoms with Crippen LogP contribution in [0, 0.1) is 0 Å². The number of nitrogens with one attached hydrogen (secondary N) is 2. The Kier molecular flexibility index (Phi) is 5.81. The molecule has 0 spiro atoms. The van der Waals surface area contributed by atoms with Crippen LogP contribution in [0.5, 0.6) is 0 Å². The number of rotatable bonds is 7. The van der Waals surface area contributed by atoms with Crippen molar-refractivity contribution in [1.29, 1.82) is 0 Å². The first kappa shape index (κ1) is 20.7. The second kappa shape index (κ2) is 8.14. The summed E-state index contributed by atoms with van der Waals surface area (Å²) in [4.78, 5) is 40.9. The molecule has 0 saturated carbocycles. The molecule has 0 aliphatic carbocycles. The molecule has 1 aromatic heterocycles. The predicted octanol–water partition coefficient (Wildman–Crippen LogP) is -0.745. The molecular formula is C16H17N5O6S2. The molecule has 1 fully saturated rings. The molecule has 11 nitrogen and oxygen atoms in total. The van der Waals surface area contributed by atoms with Crippen molar-refractivity contribution >= 4 is 44.5 Å². The maximum absolute atomic E-state index is 12.7. The van der Waals surface area contributed by atoms with Gasteiger partial charge < -0.3 is 16.4 Å². The van der Waals surface area contributed by atoms with E-state index in [1.165, 1.54) is 11.3 Å². The number of β-lactam (4-membered cyclic amide) rings is 1. The van der Waals surface area contributed by atoms with Gasteiger partial charge in [-0.25, -0.2) is 9.29 Å². The van der Waals surface area contributed by atoms with Crippen molar-refractivity contribution in [2.24, 2.45) is 0 Å². The van der Waals surface area contributed by atoms with Crippen LogP contribution in [0.1, 0.15) is 17.3 Å². The van der Waals surface area contributed by atoms with Crippen molar-refractivity contribution in [2.75, 3.05) is 12.3 Å². The van der Waals surface area contributed by atoms with E-state index in [0.29, 0.717) is 16.4 Å². The Bertz CT molecular complexity index is 1040. The number of nitrogens with two attached hydrogens (primary N) is 1. The van der Waals surface area contributed by atoms with E-state index in [2.05, 4.69) is 15.6 Å². The van der Waals surface area contributed by atoms with Crippen LogP contribution in [0.3, 0.4) is 0 Å². The molecule has 154 valence electrons. The average molecular weight is 439 g/mol. The Hall–Kier alpha value is -3.03. The first-order valence-electron chi connectivity index (χ1n) is 8.28. The number of aromatic nitrogens is 1. The van der Waals surface area contributed by atoms with E-state index >= 15 is 0 Å². The SMILES string of the molecule is Nc1nc(CC(=O)N[C@@H](C(=O)NC2CN(S(=O)(=O)O)C2=O)c2ccccc2)cs1. The van der Waals surface area contributed by atoms with Crippen LogP contribution in [-0.4, -0.2) is 52.6 Å². The molecule has 2 aromatic rings. The standard InChI is InChI=1S/C16H17N5O6S2/c17-16-18-10(8-28-16)6-12(22)20-13(9-4-2-1-3-5-9)14(23)19-11-7-21(15(11)24)29(25,26)27/h1-5,8,11,13H,6-7H2,(H2,17,18)(H,19,23)(H,20,22)(H,25,26,27)/t11?,13-/m1/s1. The molecular weight excluding hydrogens is 422 g/mol. The summed E-state index contributed by atoms with van der Waals surface area (Å²) >= 11 is 1.19. The number of nitrogens with zero attached hydrogens (tertiary/aromatic N) is 2. The molecule has 29 heavy (non-hydrogen) atoms. The van der Waals surface area contributed by atoms with Gasteiger partial charge in [-0.15, -0.1) is 11.3 Å². The Morgan fingerprint density at radius 2 is 2.03 bits per heavy atom. The summed E-state index contributed by atoms with van der Waals surface area (Å²) in [5.41, 5.74) is 6.46. The van der Waals surface area contributed by atoms with E-state index in [4.69, 9.17) is 10.3 Å². The predicted molar refractivity (Wildman–Crippen MR) is 103 cm³/mol. The van der Waals surface area contributed by atoms with Gasteiger partial charge in [-0.05, 0) is 5.56 Å². The number of amides is 3. The van der Waals surface area contributed by atoms with Gasteiger partial charge in [0.15, 0.2) is 5.13 Å². The number of carbonyl (C=O) groups excluding carboxylic acids is 3. The fraction of sp³-hybridized carbons (Fsp3) is 0.250. The number of thiazole rings is 1. The first-order chi connectivity index (χ1) is 13.6. The normalized spacial score (nSPS) is 17.3. The zero-order chi connectivity index (χ0) is 21.2. The largest absolute Gasteiger partial charge is 0.375 e. The second-order valence-corrected chi connectivity index (χ2v) is 8.40. The third-order valence-electron chi connectivity index (χ3n) is 4.10. The Labute approximate surface area is 169 Å². The van der Waals surface area contributed by atoms with E-state index in [-0.39, 0.29) is 10.7 Å². The molecule has 3 amide bonds. The van der Waals surface area contributed by atoms with Gasteiger partial charge in [-0.3, -0.25) is 18.9 Å². The zero-order valence-corrected chi connectivity index (χ0v) is 16.4. The molecule has 1 saturated heterocycles. The van der Waals surface area contributed by atoms with Crippen molar-refractivity contribution < 1.29 is 27.4 Å². The Balaban J connectivity index is 1.70. The molecule has 0 radical (unpaired) electrons. The van der Waals surface area contributed by atoms with Gasteiger partial charge in [-0.1, -0.05) is 30.3 Å². The van der Waals surface area contributed by atoms with Gasteiger partial charge in [0, 0.05) is 5.38 Å². The van der Waals surface area contributed by atoms with Gasteiger partial charge >= 0.3 is 10.3 Å². The lowest BCUT2D eigenvalue weighted by Crippen LogP contribution is -2.66. The molecule has 0 bridgehead atoms. The zero-order valence-electron chi connectivity index (χ0n) is 14.8. The van der Waals surface area contributed by atoms with Gasteiger partial charge in [0.05, 0.1) is 18.7 Å². The lowest BCUT2D eigenvalue weighted by atomic mass is 10.0. The van der Waals surface area contributed by atoms with E-state index < -0.39 is 46.7 Å². The summed E-state index contributed by atoms with van der Waals surface area (Å²) in [6.45, 7) is -0.392. The first-order valence-corrected chi connectivity index (χ1v) is 10.6. The molecule has 3 rings (SSSR count). The number of anilines is 1. The van der Waals surface area contributed by atoms with Crippen molar-refractivity contribution in [2.45, 2.75) is 18.5 Å². The topological polar surface area (TPSA) is 172 Å². The summed E-state index contributed by atoms with van der Waals surface area (Å²) in [5.74, 6) is -2.15. The maximum Gasteiger partial charge on any atom is 0.362 e. The van der Waals surface area contributed by atoms with Crippen LogP contribution in [-0.2, 0) is 31.1 Å². The summed E-state index contributed by atoms with van der Waals surface area (Å²) in [7, 11) is -4.66. The molecule has 1 unspecified atom stereocenters. The third kappa shape index (κ3) is 4.88. The van der Waals surface area contributed by atoms with Crippen molar-refractivity contribution in [3.8, 4) is 0 Å². The van der Waals surface area contributed by atoms with E-state index in [0.717, 1.165) is 0 Å². The smallest absolute Gasteiger partial charge is 0.362 e. The second-order valence-electron chi connectivity index (χ2n) is 6.17. The number of benzene rings is 1. The van der Waals surface area contributed by atoms with Crippen LogP contribution in [0.4, 0.5) is 5.13 Å². The van der Waals surface area contributed by atoms with Crippen molar-refractivity contribution in [3.05, 3.63) is 47.0 Å². The highest BCUT2D eigenvalue weighted by Crippen LogP contribution is 2.18. The number of hydrogen-bond donors (Lipinski definition) is 4. The molecule has 13 heteroatoms. The van der Waals surface area contributed by atoms with Gasteiger partial charge in [0.25, 0.3) is 5.91 Å². The van der Waals surface area contributed by atoms with Gasteiger partial charge in [0.2, 0.25) is 11.8 Å². The number of hydrogen-bond acceptors (Lipinski definition) is 8. The summed E-state index contributed by atoms with van der Waals surface area (Å²) in [5, 5.41) is 6.91. The van der Waals surface area contributed by atoms with Crippen molar-refractivity contribution in [3.63, 3.8) is 0 Å². The van der Waals surface area contributed by atoms with Crippen LogP contribution < -0.4 is 16.4 Å². The highest BCUT2D eigenvalue weighted by atomic mass is 32.2. The Morgan fingerprint density at radius 1 is 1.34 bits per heavy atom. The summed E-state index contributed by atoms with van der Waals surface area (Å²) in [6.07, 6.45) is -0.0940. The minimum Gasteiger partial charge on any atom is -0.375 e. The van der Waals surface area contributed by atoms with E-state index in [1.807, 2.05) is 0 Å². The molecule has 1 aliphatic rings. The lowest BCUT2D eigenvalue weighted by Gasteiger charge is -2.36. The quantitative estimate of drug-likeness (QED) is 0.322. The molecule has 1 aromatic carbocycles. The Morgan fingerprint density at radius 3 is 2.59 bits per heavy atom. The van der Waals surface area contributed by atoms with Gasteiger partial charge in [-0.2, -0.15) is 8.42 Å². The maximum atomic E-state index is 12.7. The summed E-state index contributed by atoms with van der Waals surface area (Å²) < 4.78 is 31.2. The molecule has 2 atom stereocenters. The van der Waals surface area contributed by atoms with Crippen LogP contribution in [0.2, 0.25) is 0 Å². The van der Waals surface area contributed by atoms with Gasteiger partial charge in [0.1, 0.15) is 12.1 Å². The fourth-order valence-electron chi connectivity index (χ4n) is 2.69. The molecule has 1 aliphatic heterocycles. The van der Waals surface area contributed by atoms with E-state index in [1.54, 1.807) is 35.7 Å². The molecule has 2 heterocycles. The average Bonchev–Trinajstić information content (AvgIpc) is 3.06. The fourth-order valence-corrected chi connectivity index (χ4v) is 3.95.